The minimum atomic E-state index is -0.592. The number of benzene rings is 1. The second-order valence-corrected chi connectivity index (χ2v) is 3.82. The zero-order valence-corrected chi connectivity index (χ0v) is 9.63. The van der Waals surface area contributed by atoms with Gasteiger partial charge in [-0.15, -0.1) is 0 Å². The van der Waals surface area contributed by atoms with Crippen LogP contribution >= 0.6 is 0 Å². The van der Waals surface area contributed by atoms with E-state index in [1.165, 1.54) is 18.2 Å². The first kappa shape index (κ1) is 11.3. The van der Waals surface area contributed by atoms with Crippen molar-refractivity contribution < 1.29 is 13.7 Å². The lowest BCUT2D eigenvalue weighted by molar-refractivity contribution is 0.102. The Morgan fingerprint density at radius 1 is 1.21 bits per heavy atom. The molecule has 3 aromatic rings. The van der Waals surface area contributed by atoms with Gasteiger partial charge in [-0.2, -0.15) is 0 Å². The fourth-order valence-corrected chi connectivity index (χ4v) is 1.69. The molecular weight excluding hydrogens is 249 g/mol. The summed E-state index contributed by atoms with van der Waals surface area (Å²) in [6.45, 7) is 0. The summed E-state index contributed by atoms with van der Waals surface area (Å²) in [6, 6.07) is 9.11. The molecule has 0 unspecified atom stereocenters. The molecule has 6 heteroatoms. The third-order valence-corrected chi connectivity index (χ3v) is 2.60. The molecule has 0 aliphatic carbocycles. The Labute approximate surface area is 107 Å². The van der Waals surface area contributed by atoms with E-state index in [9.17, 15) is 9.18 Å². The van der Waals surface area contributed by atoms with Gasteiger partial charge in [-0.3, -0.25) is 4.79 Å². The fraction of sp³-hybridized carbons (Fsp3) is 0. The van der Waals surface area contributed by atoms with Crippen molar-refractivity contribution in [2.75, 3.05) is 5.32 Å². The van der Waals surface area contributed by atoms with Crippen molar-refractivity contribution >= 4 is 22.8 Å². The van der Waals surface area contributed by atoms with E-state index in [0.29, 0.717) is 11.1 Å². The highest BCUT2D eigenvalue weighted by Crippen LogP contribution is 2.21. The summed E-state index contributed by atoms with van der Waals surface area (Å²) < 4.78 is 18.4. The topological polar surface area (TPSA) is 68.0 Å². The molecule has 94 valence electrons. The molecule has 1 amide bonds. The highest BCUT2D eigenvalue weighted by molar-refractivity contribution is 6.07. The summed E-state index contributed by atoms with van der Waals surface area (Å²) >= 11 is 0. The van der Waals surface area contributed by atoms with Crippen LogP contribution < -0.4 is 5.32 Å². The molecule has 0 fully saturated rings. The SMILES string of the molecule is O=C(Nc1noc2ncccc12)c1ccccc1F. The van der Waals surface area contributed by atoms with E-state index in [-0.39, 0.29) is 11.4 Å². The summed E-state index contributed by atoms with van der Waals surface area (Å²) in [4.78, 5) is 15.9. The summed E-state index contributed by atoms with van der Waals surface area (Å²) in [6.07, 6.45) is 1.55. The van der Waals surface area contributed by atoms with Crippen molar-refractivity contribution in [3.05, 3.63) is 54.0 Å². The molecule has 0 aliphatic heterocycles. The number of amides is 1. The van der Waals surface area contributed by atoms with Gasteiger partial charge < -0.3 is 9.84 Å². The van der Waals surface area contributed by atoms with Gasteiger partial charge in [-0.1, -0.05) is 17.3 Å². The smallest absolute Gasteiger partial charge is 0.259 e. The third kappa shape index (κ3) is 2.03. The number of carbonyl (C=O) groups is 1. The molecule has 2 aromatic heterocycles. The van der Waals surface area contributed by atoms with Crippen LogP contribution in [0.5, 0.6) is 0 Å². The molecule has 2 heterocycles. The predicted molar refractivity (Wildman–Crippen MR) is 66.2 cm³/mol. The molecule has 0 bridgehead atoms. The van der Waals surface area contributed by atoms with Crippen LogP contribution in [-0.2, 0) is 0 Å². The van der Waals surface area contributed by atoms with E-state index in [2.05, 4.69) is 15.5 Å². The molecular formula is C13H8FN3O2. The number of hydrogen-bond acceptors (Lipinski definition) is 4. The minimum Gasteiger partial charge on any atom is -0.334 e. The molecule has 0 aliphatic rings. The monoisotopic (exact) mass is 257 g/mol. The van der Waals surface area contributed by atoms with Crippen LogP contribution in [0.2, 0.25) is 0 Å². The van der Waals surface area contributed by atoms with Gasteiger partial charge >= 0.3 is 0 Å². The van der Waals surface area contributed by atoms with Gasteiger partial charge in [0.15, 0.2) is 5.82 Å². The number of fused-ring (bicyclic) bond motifs is 1. The zero-order valence-electron chi connectivity index (χ0n) is 9.63. The lowest BCUT2D eigenvalue weighted by atomic mass is 10.2. The van der Waals surface area contributed by atoms with Crippen molar-refractivity contribution in [2.24, 2.45) is 0 Å². The number of nitrogens with zero attached hydrogens (tertiary/aromatic N) is 2. The number of halogens is 1. The lowest BCUT2D eigenvalue weighted by Crippen LogP contribution is -2.13. The molecule has 0 saturated heterocycles. The maximum Gasteiger partial charge on any atom is 0.259 e. The number of hydrogen-bond donors (Lipinski definition) is 1. The van der Waals surface area contributed by atoms with E-state index in [1.807, 2.05) is 0 Å². The van der Waals surface area contributed by atoms with Crippen LogP contribution in [-0.4, -0.2) is 16.0 Å². The Morgan fingerprint density at radius 3 is 2.89 bits per heavy atom. The van der Waals surface area contributed by atoms with Gasteiger partial charge in [0, 0.05) is 6.20 Å². The quantitative estimate of drug-likeness (QED) is 0.766. The van der Waals surface area contributed by atoms with E-state index < -0.39 is 11.7 Å². The number of anilines is 1. The van der Waals surface area contributed by atoms with Gasteiger partial charge in [0.1, 0.15) is 5.82 Å². The van der Waals surface area contributed by atoms with Crippen LogP contribution in [0.25, 0.3) is 11.1 Å². The van der Waals surface area contributed by atoms with Crippen LogP contribution in [0.4, 0.5) is 10.2 Å². The highest BCUT2D eigenvalue weighted by Gasteiger charge is 2.15. The van der Waals surface area contributed by atoms with E-state index >= 15 is 0 Å². The van der Waals surface area contributed by atoms with Crippen molar-refractivity contribution in [3.63, 3.8) is 0 Å². The first-order valence-electron chi connectivity index (χ1n) is 5.52. The van der Waals surface area contributed by atoms with Gasteiger partial charge in [0.25, 0.3) is 11.6 Å². The predicted octanol–water partition coefficient (Wildman–Crippen LogP) is 2.61. The molecule has 19 heavy (non-hydrogen) atoms. The largest absolute Gasteiger partial charge is 0.334 e. The maximum atomic E-state index is 13.5. The second-order valence-electron chi connectivity index (χ2n) is 3.82. The Morgan fingerprint density at radius 2 is 2.05 bits per heavy atom. The Hall–Kier alpha value is -2.76. The second kappa shape index (κ2) is 4.49. The molecule has 3 rings (SSSR count). The summed E-state index contributed by atoms with van der Waals surface area (Å²) in [5.41, 5.74) is 0.258. The number of rotatable bonds is 2. The van der Waals surface area contributed by atoms with Crippen LogP contribution in [0, 0.1) is 5.82 Å². The highest BCUT2D eigenvalue weighted by atomic mass is 19.1. The van der Waals surface area contributed by atoms with E-state index in [1.54, 1.807) is 24.4 Å². The molecule has 0 saturated carbocycles. The van der Waals surface area contributed by atoms with Crippen molar-refractivity contribution in [2.45, 2.75) is 0 Å². The van der Waals surface area contributed by atoms with Crippen LogP contribution in [0.3, 0.4) is 0 Å². The zero-order chi connectivity index (χ0) is 13.2. The van der Waals surface area contributed by atoms with E-state index in [0.717, 1.165) is 0 Å². The minimum absolute atomic E-state index is 0.0532. The van der Waals surface area contributed by atoms with Gasteiger partial charge in [-0.25, -0.2) is 9.37 Å². The molecule has 0 spiro atoms. The summed E-state index contributed by atoms with van der Waals surface area (Å²) in [5.74, 6) is -0.959. The van der Waals surface area contributed by atoms with Crippen LogP contribution in [0.15, 0.2) is 47.1 Å². The van der Waals surface area contributed by atoms with Gasteiger partial charge in [0.2, 0.25) is 0 Å². The fourth-order valence-electron chi connectivity index (χ4n) is 1.69. The summed E-state index contributed by atoms with van der Waals surface area (Å²) in [7, 11) is 0. The Balaban J connectivity index is 1.94. The number of nitrogens with one attached hydrogen (secondary N) is 1. The lowest BCUT2D eigenvalue weighted by Gasteiger charge is -2.02. The first-order valence-corrected chi connectivity index (χ1v) is 5.52. The number of pyridine rings is 1. The third-order valence-electron chi connectivity index (χ3n) is 2.60. The number of aromatic nitrogens is 2. The Kier molecular flexibility index (Phi) is 2.68. The normalized spacial score (nSPS) is 10.6. The van der Waals surface area contributed by atoms with Gasteiger partial charge in [-0.05, 0) is 24.3 Å². The standard InChI is InChI=1S/C13H8FN3O2/c14-10-6-2-1-4-8(10)12(18)16-11-9-5-3-7-15-13(9)19-17-11/h1-7H,(H,16,17,18). The van der Waals surface area contributed by atoms with Crippen molar-refractivity contribution in [1.29, 1.82) is 0 Å². The average molecular weight is 257 g/mol. The molecule has 1 aromatic carbocycles. The van der Waals surface area contributed by atoms with E-state index in [4.69, 9.17) is 4.52 Å². The number of carbonyl (C=O) groups excluding carboxylic acids is 1. The average Bonchev–Trinajstić information content (AvgIpc) is 2.83. The first-order chi connectivity index (χ1) is 9.25. The van der Waals surface area contributed by atoms with Crippen molar-refractivity contribution in [3.8, 4) is 0 Å². The summed E-state index contributed by atoms with van der Waals surface area (Å²) in [5, 5.41) is 6.76. The van der Waals surface area contributed by atoms with Crippen molar-refractivity contribution in [1.82, 2.24) is 10.1 Å². The molecule has 5 nitrogen and oxygen atoms in total. The van der Waals surface area contributed by atoms with Crippen LogP contribution in [0.1, 0.15) is 10.4 Å². The molecule has 1 N–H and O–H groups in total. The maximum absolute atomic E-state index is 13.5. The molecule has 0 atom stereocenters. The van der Waals surface area contributed by atoms with Gasteiger partial charge in [0.05, 0.1) is 10.9 Å². The molecule has 0 radical (unpaired) electrons. The Bertz CT molecular complexity index is 754.